The van der Waals surface area contributed by atoms with Crippen LogP contribution in [0.4, 0.5) is 5.82 Å². The summed E-state index contributed by atoms with van der Waals surface area (Å²) in [5, 5.41) is 0. The van der Waals surface area contributed by atoms with Gasteiger partial charge in [0, 0.05) is 25.8 Å². The number of nitrogens with zero attached hydrogens (tertiary/aromatic N) is 4. The number of anilines is 1. The molecule has 5 rings (SSSR count). The van der Waals surface area contributed by atoms with E-state index in [1.807, 2.05) is 35.2 Å². The molecular formula is C25H24N4O4S2. The molecule has 2 saturated heterocycles. The molecule has 0 spiro atoms. The van der Waals surface area contributed by atoms with Crippen LogP contribution < -0.4 is 15.2 Å². The lowest BCUT2D eigenvalue weighted by atomic mass is 10.1. The molecule has 0 radical (unpaired) electrons. The van der Waals surface area contributed by atoms with Crippen molar-refractivity contribution in [1.82, 2.24) is 14.3 Å². The van der Waals surface area contributed by atoms with E-state index in [9.17, 15) is 9.59 Å². The monoisotopic (exact) mass is 508 g/mol. The number of hydrogen-bond acceptors (Lipinski definition) is 8. The van der Waals surface area contributed by atoms with Crippen LogP contribution in [0.1, 0.15) is 11.1 Å². The Bertz CT molecular complexity index is 1360. The second-order valence-electron chi connectivity index (χ2n) is 8.11. The summed E-state index contributed by atoms with van der Waals surface area (Å²) in [5.41, 5.74) is 1.80. The zero-order chi connectivity index (χ0) is 24.4. The van der Waals surface area contributed by atoms with Crippen molar-refractivity contribution in [2.75, 3.05) is 44.9 Å². The lowest BCUT2D eigenvalue weighted by molar-refractivity contribution is -0.122. The maximum absolute atomic E-state index is 13.5. The van der Waals surface area contributed by atoms with Crippen molar-refractivity contribution in [2.24, 2.45) is 0 Å². The van der Waals surface area contributed by atoms with Gasteiger partial charge in [-0.15, -0.1) is 0 Å². The minimum absolute atomic E-state index is 0.195. The van der Waals surface area contributed by atoms with E-state index in [-0.39, 0.29) is 11.5 Å². The number of carbonyl (C=O) groups is 1. The molecule has 0 unspecified atom stereocenters. The molecule has 3 aromatic rings. The molecule has 1 amide bonds. The van der Waals surface area contributed by atoms with Crippen LogP contribution >= 0.6 is 24.0 Å². The van der Waals surface area contributed by atoms with Crippen LogP contribution in [-0.4, -0.2) is 64.5 Å². The molecular weight excluding hydrogens is 484 g/mol. The topological polar surface area (TPSA) is 76.4 Å². The molecule has 35 heavy (non-hydrogen) atoms. The Kier molecular flexibility index (Phi) is 6.85. The van der Waals surface area contributed by atoms with Crippen molar-refractivity contribution in [1.29, 1.82) is 0 Å². The van der Waals surface area contributed by atoms with E-state index < -0.39 is 0 Å². The largest absolute Gasteiger partial charge is 0.497 e. The highest BCUT2D eigenvalue weighted by atomic mass is 32.2. The SMILES string of the molecule is COc1ccc(CCN2C(=O)C(=Cc3c(N4CCOCC4)nc4ccccn4c3=O)SC2=S)cc1. The molecule has 1 aromatic carbocycles. The van der Waals surface area contributed by atoms with Crippen LogP contribution in [0.5, 0.6) is 5.75 Å². The van der Waals surface area contributed by atoms with E-state index in [1.165, 1.54) is 16.2 Å². The van der Waals surface area contributed by atoms with Gasteiger partial charge in [0.05, 0.1) is 30.8 Å². The van der Waals surface area contributed by atoms with Gasteiger partial charge in [0.25, 0.3) is 11.5 Å². The Morgan fingerprint density at radius 3 is 2.66 bits per heavy atom. The minimum atomic E-state index is -0.222. The number of ether oxygens (including phenoxy) is 2. The smallest absolute Gasteiger partial charge is 0.267 e. The Balaban J connectivity index is 1.45. The number of pyridine rings is 1. The van der Waals surface area contributed by atoms with Gasteiger partial charge < -0.3 is 14.4 Å². The predicted molar refractivity (Wildman–Crippen MR) is 141 cm³/mol. The van der Waals surface area contributed by atoms with E-state index >= 15 is 0 Å². The molecule has 0 N–H and O–H groups in total. The second kappa shape index (κ2) is 10.2. The van der Waals surface area contributed by atoms with E-state index in [0.29, 0.717) is 65.5 Å². The minimum Gasteiger partial charge on any atom is -0.497 e. The summed E-state index contributed by atoms with van der Waals surface area (Å²) in [5.74, 6) is 1.15. The molecule has 0 saturated carbocycles. The molecule has 0 aliphatic carbocycles. The van der Waals surface area contributed by atoms with Crippen LogP contribution in [0.2, 0.25) is 0 Å². The molecule has 2 aliphatic heterocycles. The third-order valence-electron chi connectivity index (χ3n) is 5.99. The Morgan fingerprint density at radius 1 is 1.14 bits per heavy atom. The molecule has 10 heteroatoms. The number of aromatic nitrogens is 2. The third-order valence-corrected chi connectivity index (χ3v) is 7.37. The number of thioether (sulfide) groups is 1. The number of morpholine rings is 1. The zero-order valence-electron chi connectivity index (χ0n) is 19.2. The first-order valence-corrected chi connectivity index (χ1v) is 12.5. The summed E-state index contributed by atoms with van der Waals surface area (Å²) in [7, 11) is 1.63. The van der Waals surface area contributed by atoms with E-state index in [0.717, 1.165) is 11.3 Å². The van der Waals surface area contributed by atoms with Gasteiger partial charge in [0.2, 0.25) is 0 Å². The van der Waals surface area contributed by atoms with Crippen LogP contribution in [0.15, 0.2) is 58.4 Å². The number of benzene rings is 1. The summed E-state index contributed by atoms with van der Waals surface area (Å²) in [6, 6.07) is 13.2. The number of rotatable bonds is 6. The summed E-state index contributed by atoms with van der Waals surface area (Å²) < 4.78 is 12.7. The summed E-state index contributed by atoms with van der Waals surface area (Å²) in [6.07, 6.45) is 3.99. The number of methoxy groups -OCH3 is 1. The first-order chi connectivity index (χ1) is 17.0. The first-order valence-electron chi connectivity index (χ1n) is 11.3. The molecule has 0 atom stereocenters. The number of amides is 1. The van der Waals surface area contributed by atoms with Gasteiger partial charge in [-0.3, -0.25) is 18.9 Å². The molecule has 180 valence electrons. The van der Waals surface area contributed by atoms with Crippen molar-refractivity contribution >= 4 is 51.7 Å². The van der Waals surface area contributed by atoms with Gasteiger partial charge in [-0.2, -0.15) is 0 Å². The third kappa shape index (κ3) is 4.82. The van der Waals surface area contributed by atoms with Gasteiger partial charge >= 0.3 is 0 Å². The summed E-state index contributed by atoms with van der Waals surface area (Å²) in [6.45, 7) is 2.82. The highest BCUT2D eigenvalue weighted by Gasteiger charge is 2.32. The normalized spacial score (nSPS) is 17.6. The fourth-order valence-corrected chi connectivity index (χ4v) is 5.38. The van der Waals surface area contributed by atoms with Crippen molar-refractivity contribution in [3.05, 3.63) is 75.0 Å². The van der Waals surface area contributed by atoms with Crippen LogP contribution in [0.3, 0.4) is 0 Å². The second-order valence-corrected chi connectivity index (χ2v) is 9.79. The quantitative estimate of drug-likeness (QED) is 0.372. The molecule has 8 nitrogen and oxygen atoms in total. The molecule has 4 heterocycles. The average Bonchev–Trinajstić information content (AvgIpc) is 3.17. The van der Waals surface area contributed by atoms with Gasteiger partial charge in [0.15, 0.2) is 0 Å². The lowest BCUT2D eigenvalue weighted by Crippen LogP contribution is -2.38. The van der Waals surface area contributed by atoms with E-state index in [2.05, 4.69) is 0 Å². The average molecular weight is 509 g/mol. The predicted octanol–water partition coefficient (Wildman–Crippen LogP) is 2.98. The highest BCUT2D eigenvalue weighted by Crippen LogP contribution is 2.33. The Morgan fingerprint density at radius 2 is 1.91 bits per heavy atom. The van der Waals surface area contributed by atoms with E-state index in [1.54, 1.807) is 36.4 Å². The van der Waals surface area contributed by atoms with E-state index in [4.69, 9.17) is 26.7 Å². The summed E-state index contributed by atoms with van der Waals surface area (Å²) >= 11 is 6.73. The van der Waals surface area contributed by atoms with Crippen LogP contribution in [0, 0.1) is 0 Å². The van der Waals surface area contributed by atoms with Crippen LogP contribution in [-0.2, 0) is 16.0 Å². The number of hydrogen-bond donors (Lipinski definition) is 0. The van der Waals surface area contributed by atoms with Crippen LogP contribution in [0.25, 0.3) is 11.7 Å². The fraction of sp³-hybridized carbons (Fsp3) is 0.280. The number of thiocarbonyl (C=S) groups is 1. The molecule has 2 fully saturated rings. The maximum atomic E-state index is 13.5. The van der Waals surface area contributed by atoms with Crippen molar-refractivity contribution in [3.8, 4) is 5.75 Å². The Labute approximate surface area is 212 Å². The lowest BCUT2D eigenvalue weighted by Gasteiger charge is -2.29. The summed E-state index contributed by atoms with van der Waals surface area (Å²) in [4.78, 5) is 35.5. The number of carbonyl (C=O) groups excluding carboxylic acids is 1. The standard InChI is InChI=1S/C25H24N4O4S2/c1-32-18-7-5-17(6-8-18)9-11-29-24(31)20(35-25(29)34)16-19-22(27-12-14-33-15-13-27)26-21-4-2-3-10-28(21)23(19)30/h2-8,10,16H,9,11-15H2,1H3. The number of fused-ring (bicyclic) bond motifs is 1. The fourth-order valence-electron chi connectivity index (χ4n) is 4.09. The first kappa shape index (κ1) is 23.5. The Hall–Kier alpha value is -3.21. The van der Waals surface area contributed by atoms with Crippen molar-refractivity contribution in [2.45, 2.75) is 6.42 Å². The van der Waals surface area contributed by atoms with Gasteiger partial charge in [-0.05, 0) is 42.3 Å². The highest BCUT2D eigenvalue weighted by molar-refractivity contribution is 8.26. The molecule has 0 bridgehead atoms. The van der Waals surface area contributed by atoms with Crippen molar-refractivity contribution in [3.63, 3.8) is 0 Å². The molecule has 2 aromatic heterocycles. The van der Waals surface area contributed by atoms with Crippen molar-refractivity contribution < 1.29 is 14.3 Å². The maximum Gasteiger partial charge on any atom is 0.267 e. The van der Waals surface area contributed by atoms with Gasteiger partial charge in [-0.1, -0.05) is 42.2 Å². The molecule has 2 aliphatic rings. The zero-order valence-corrected chi connectivity index (χ0v) is 20.8. The van der Waals surface area contributed by atoms with Gasteiger partial charge in [-0.25, -0.2) is 4.98 Å². The van der Waals surface area contributed by atoms with Gasteiger partial charge in [0.1, 0.15) is 21.5 Å².